The zero-order valence-corrected chi connectivity index (χ0v) is 42.0. The largest absolute Gasteiger partial charge is 1.00 e. The molecule has 12 nitrogen and oxygen atoms in total. The summed E-state index contributed by atoms with van der Waals surface area (Å²) in [5, 5.41) is 34.9. The van der Waals surface area contributed by atoms with E-state index >= 15 is 0 Å². The summed E-state index contributed by atoms with van der Waals surface area (Å²) in [5.41, 5.74) is -1.71. The molecule has 4 saturated heterocycles. The van der Waals surface area contributed by atoms with Gasteiger partial charge in [-0.2, -0.15) is 0 Å². The molecular weight excluding hydrogens is 796 g/mol. The van der Waals surface area contributed by atoms with E-state index in [-0.39, 0.29) is 99.5 Å². The first-order valence-electron chi connectivity index (χ1n) is 23.2. The van der Waals surface area contributed by atoms with Crippen molar-refractivity contribution in [2.45, 2.75) is 225 Å². The van der Waals surface area contributed by atoms with E-state index in [1.54, 1.807) is 6.92 Å². The van der Waals surface area contributed by atoms with Gasteiger partial charge < -0.3 is 48.5 Å². The second-order valence-corrected chi connectivity index (χ2v) is 19.5. The van der Waals surface area contributed by atoms with E-state index in [0.29, 0.717) is 64.2 Å². The zero-order chi connectivity index (χ0) is 43.7. The minimum Gasteiger partial charge on any atom is -0.550 e. The number of ketones is 1. The van der Waals surface area contributed by atoms with Crippen LogP contribution < -0.4 is 56.5 Å². The Morgan fingerprint density at radius 1 is 0.900 bits per heavy atom. The van der Waals surface area contributed by atoms with Crippen molar-refractivity contribution >= 4 is 17.7 Å². The summed E-state index contributed by atoms with van der Waals surface area (Å²) in [4.78, 5) is 39.7. The predicted molar refractivity (Wildman–Crippen MR) is 219 cm³/mol. The van der Waals surface area contributed by atoms with E-state index in [2.05, 4.69) is 20.8 Å². The van der Waals surface area contributed by atoms with Gasteiger partial charge in [0.15, 0.2) is 11.9 Å². The number of hydrogen-bond acceptors (Lipinski definition) is 12. The first-order valence-corrected chi connectivity index (χ1v) is 23.2. The third kappa shape index (κ3) is 10.7. The topological polar surface area (TPSA) is 170 Å². The molecule has 13 heteroatoms. The van der Waals surface area contributed by atoms with E-state index in [1.165, 1.54) is 0 Å². The number of aliphatic carboxylic acids is 1. The van der Waals surface area contributed by atoms with Crippen LogP contribution in [0.3, 0.4) is 0 Å². The first-order chi connectivity index (χ1) is 27.7. The van der Waals surface area contributed by atoms with Crippen LogP contribution in [0.5, 0.6) is 0 Å². The van der Waals surface area contributed by atoms with Crippen LogP contribution >= 0.6 is 0 Å². The molecule has 0 amide bonds. The van der Waals surface area contributed by atoms with Crippen LogP contribution in [0, 0.1) is 41.4 Å². The molecule has 4 fully saturated rings. The molecule has 5 rings (SSSR count). The Bertz CT molecular complexity index is 1490. The van der Waals surface area contributed by atoms with Crippen molar-refractivity contribution in [3.63, 3.8) is 0 Å². The minimum atomic E-state index is -1.39. The fraction of sp³-hybridized carbons (Fsp3) is 0.894. The van der Waals surface area contributed by atoms with Crippen LogP contribution in [0.1, 0.15) is 160 Å². The van der Waals surface area contributed by atoms with Crippen molar-refractivity contribution in [3.8, 4) is 0 Å². The maximum absolute atomic E-state index is 14.6. The van der Waals surface area contributed by atoms with Crippen LogP contribution in [0.2, 0.25) is 0 Å². The summed E-state index contributed by atoms with van der Waals surface area (Å²) in [6.07, 6.45) is 7.14. The number of esters is 1. The van der Waals surface area contributed by atoms with Gasteiger partial charge in [-0.1, -0.05) is 68.7 Å². The molecule has 0 bridgehead atoms. The second-order valence-electron chi connectivity index (χ2n) is 19.5. The van der Waals surface area contributed by atoms with Crippen molar-refractivity contribution in [2.75, 3.05) is 0 Å². The maximum atomic E-state index is 14.6. The van der Waals surface area contributed by atoms with Gasteiger partial charge in [0.2, 0.25) is 5.79 Å². The van der Waals surface area contributed by atoms with Crippen molar-refractivity contribution in [3.05, 3.63) is 12.2 Å². The van der Waals surface area contributed by atoms with Crippen LogP contribution in [0.4, 0.5) is 0 Å². The molecule has 18 atom stereocenters. The number of ether oxygens (including phenoxy) is 6. The monoisotopic (exact) mass is 873 g/mol. The molecule has 5 aliphatic rings. The molecule has 0 aliphatic carbocycles. The molecule has 2 spiro atoms. The van der Waals surface area contributed by atoms with Gasteiger partial charge in [-0.05, 0) is 102 Å². The average molecular weight is 873 g/mol. The molecular formula is C47H77KO12. The number of rotatable bonds is 16. The van der Waals surface area contributed by atoms with Crippen molar-refractivity contribution < 1.29 is 110 Å². The van der Waals surface area contributed by atoms with E-state index < -0.39 is 82.9 Å². The standard InChI is InChI=1S/C47H78O12.K/c1-12-16-17-38(48)56-37-21-23-46(59-47(37)25-24-44(11,58-47)36-20-22-45(53,15-4)32(10)54-36)29(7)26-28(6)42(57-46)34(14-3)40(50)30(8)39(49)31(9)41-27(5)18-19-35(55-41)33(13-2)43(51)52;/h21,23,27-37,39,41-42,49,53H,12-20,22,24-26H2,1-11H3,(H,51,52);/q;+1/p-1/t27-,28-,29+,30-,31-,32-,33+,34-,35+,36+,37+,39+,41+,42-,44-,45+,46-,47-;/m0./s1. The van der Waals surface area contributed by atoms with Gasteiger partial charge in [0.05, 0.1) is 47.8 Å². The molecule has 0 unspecified atom stereocenters. The van der Waals surface area contributed by atoms with E-state index in [1.807, 2.05) is 60.6 Å². The third-order valence-corrected chi connectivity index (χ3v) is 15.4. The van der Waals surface area contributed by atoms with Gasteiger partial charge in [0.1, 0.15) is 5.78 Å². The maximum Gasteiger partial charge on any atom is 1.00 e. The molecule has 60 heavy (non-hydrogen) atoms. The van der Waals surface area contributed by atoms with Crippen molar-refractivity contribution in [1.29, 1.82) is 0 Å². The molecule has 338 valence electrons. The number of carboxylic acids is 1. The Morgan fingerprint density at radius 2 is 1.58 bits per heavy atom. The normalized spacial score (nSPS) is 41.9. The fourth-order valence-corrected chi connectivity index (χ4v) is 11.1. The minimum absolute atomic E-state index is 0. The molecule has 0 aromatic carbocycles. The van der Waals surface area contributed by atoms with Gasteiger partial charge in [-0.15, -0.1) is 0 Å². The van der Waals surface area contributed by atoms with Crippen LogP contribution in [-0.4, -0.2) is 93.4 Å². The third-order valence-electron chi connectivity index (χ3n) is 15.4. The van der Waals surface area contributed by atoms with Gasteiger partial charge in [-0.25, -0.2) is 0 Å². The Hall–Kier alpha value is -0.294. The summed E-state index contributed by atoms with van der Waals surface area (Å²) in [6, 6.07) is 0. The summed E-state index contributed by atoms with van der Waals surface area (Å²) in [5.74, 6) is -6.81. The number of aliphatic hydroxyl groups excluding tert-OH is 1. The van der Waals surface area contributed by atoms with Gasteiger partial charge >= 0.3 is 57.4 Å². The summed E-state index contributed by atoms with van der Waals surface area (Å²) in [6.45, 7) is 21.6. The number of carboxylic acid groups (broad SMARTS) is 1. The van der Waals surface area contributed by atoms with Gasteiger partial charge in [0, 0.05) is 48.4 Å². The van der Waals surface area contributed by atoms with Crippen molar-refractivity contribution in [2.24, 2.45) is 41.4 Å². The number of carbonyl (C=O) groups excluding carboxylic acids is 3. The average Bonchev–Trinajstić information content (AvgIpc) is 3.54. The van der Waals surface area contributed by atoms with Gasteiger partial charge in [-0.3, -0.25) is 9.59 Å². The Morgan fingerprint density at radius 3 is 2.18 bits per heavy atom. The van der Waals surface area contributed by atoms with E-state index in [9.17, 15) is 29.7 Å². The van der Waals surface area contributed by atoms with Crippen LogP contribution in [0.15, 0.2) is 12.2 Å². The van der Waals surface area contributed by atoms with Crippen molar-refractivity contribution in [1.82, 2.24) is 0 Å². The number of Topliss-reactive ketones (excluding diaryl/α,β-unsaturated/α-hetero) is 1. The smallest absolute Gasteiger partial charge is 0.550 e. The molecule has 0 saturated carbocycles. The van der Waals surface area contributed by atoms with E-state index in [0.717, 1.165) is 12.8 Å². The molecule has 5 aliphatic heterocycles. The van der Waals surface area contributed by atoms with E-state index in [4.69, 9.17) is 28.4 Å². The molecule has 0 radical (unpaired) electrons. The molecule has 5 heterocycles. The van der Waals surface area contributed by atoms with Gasteiger partial charge in [0.25, 0.3) is 0 Å². The number of aliphatic hydroxyl groups is 2. The summed E-state index contributed by atoms with van der Waals surface area (Å²) in [7, 11) is 0. The molecule has 2 N–H and O–H groups in total. The Labute approximate surface area is 402 Å². The molecule has 0 aromatic rings. The number of carbonyl (C=O) groups is 3. The predicted octanol–water partition coefficient (Wildman–Crippen LogP) is 3.60. The Kier molecular flexibility index (Phi) is 18.6. The summed E-state index contributed by atoms with van der Waals surface area (Å²) >= 11 is 0. The number of hydrogen-bond donors (Lipinski definition) is 2. The number of unbranched alkanes of at least 4 members (excludes halogenated alkanes) is 1. The van der Waals surface area contributed by atoms with Crippen LogP contribution in [0.25, 0.3) is 0 Å². The second kappa shape index (κ2) is 21.3. The summed E-state index contributed by atoms with van der Waals surface area (Å²) < 4.78 is 40.4. The SMILES string of the molecule is CCCCC(=O)O[C@@H]1C=C[C@]2(O[C@H]([C@@H](CC)C(=O)[C@@H](C)[C@@H](O)[C@H](C)[C@@H]3O[C@@H]([C@@H](CC)C(=O)[O-])CC[C@@H]3C)[C@@H](C)C[C@H]2C)O[C@@]12CC[C@@](C)([C@H]1CC[C@](O)(CC)[C@H](C)O1)O2.[K+]. The first kappa shape index (κ1) is 52.3. The zero-order valence-electron chi connectivity index (χ0n) is 38.9. The van der Waals surface area contributed by atoms with Crippen LogP contribution in [-0.2, 0) is 42.8 Å². The quantitative estimate of drug-likeness (QED) is 0.132. The fourth-order valence-electron chi connectivity index (χ4n) is 11.1. The molecule has 0 aromatic heterocycles. The Balaban J connectivity index is 0.00000794.